The van der Waals surface area contributed by atoms with E-state index in [9.17, 15) is 4.79 Å². The monoisotopic (exact) mass is 562 g/mol. The molecule has 37 heavy (non-hydrogen) atoms. The smallest absolute Gasteiger partial charge is 0.266 e. The van der Waals surface area contributed by atoms with Crippen LogP contribution in [0.3, 0.4) is 0 Å². The number of halogens is 2. The molecule has 0 bridgehead atoms. The molecule has 0 radical (unpaired) electrons. The first-order chi connectivity index (χ1) is 18.0. The Kier molecular flexibility index (Phi) is 6.42. The van der Waals surface area contributed by atoms with Gasteiger partial charge in [0, 0.05) is 42.9 Å². The van der Waals surface area contributed by atoms with Gasteiger partial charge in [-0.2, -0.15) is 4.98 Å². The molecule has 6 rings (SSSR count). The maximum atomic E-state index is 15.1. The number of nitrogens with zero attached hydrogens (tertiary/aromatic N) is 4. The summed E-state index contributed by atoms with van der Waals surface area (Å²) in [5.74, 6) is 0.581. The van der Waals surface area contributed by atoms with Crippen LogP contribution in [0.25, 0.3) is 11.0 Å². The SMILES string of the molecule is CC1CNCCN1c1ccc(Nc2ncc3cc(Br)c(=O)n(Cc4ccccc4C4CC4)c3n2)cc1F. The minimum atomic E-state index is -0.294. The molecule has 2 N–H and O–H groups in total. The van der Waals surface area contributed by atoms with Crippen molar-refractivity contribution in [3.8, 4) is 0 Å². The summed E-state index contributed by atoms with van der Waals surface area (Å²) in [7, 11) is 0. The van der Waals surface area contributed by atoms with E-state index in [1.807, 2.05) is 12.1 Å². The van der Waals surface area contributed by atoms with Crippen LogP contribution in [0.1, 0.15) is 36.8 Å². The molecule has 190 valence electrons. The van der Waals surface area contributed by atoms with Crippen LogP contribution in [-0.2, 0) is 6.54 Å². The molecule has 2 aromatic carbocycles. The molecule has 1 unspecified atom stereocenters. The number of anilines is 3. The average Bonchev–Trinajstić information content (AvgIpc) is 3.74. The van der Waals surface area contributed by atoms with Crippen molar-refractivity contribution in [2.75, 3.05) is 29.9 Å². The Labute approximate surface area is 222 Å². The van der Waals surface area contributed by atoms with E-state index in [0.717, 1.165) is 30.6 Å². The van der Waals surface area contributed by atoms with E-state index in [4.69, 9.17) is 4.98 Å². The number of pyridine rings is 1. The number of nitrogens with one attached hydrogen (secondary N) is 2. The van der Waals surface area contributed by atoms with Crippen LogP contribution < -0.4 is 21.1 Å². The van der Waals surface area contributed by atoms with E-state index in [1.54, 1.807) is 22.9 Å². The zero-order chi connectivity index (χ0) is 25.5. The predicted octanol–water partition coefficient (Wildman–Crippen LogP) is 5.16. The summed E-state index contributed by atoms with van der Waals surface area (Å²) in [6.07, 6.45) is 4.06. The number of rotatable bonds is 6. The number of hydrogen-bond acceptors (Lipinski definition) is 6. The summed E-state index contributed by atoms with van der Waals surface area (Å²) < 4.78 is 17.2. The van der Waals surface area contributed by atoms with Gasteiger partial charge in [-0.1, -0.05) is 24.3 Å². The van der Waals surface area contributed by atoms with Crippen molar-refractivity contribution < 1.29 is 4.39 Å². The number of hydrogen-bond donors (Lipinski definition) is 2. The molecule has 0 spiro atoms. The van der Waals surface area contributed by atoms with Gasteiger partial charge in [-0.15, -0.1) is 0 Å². The minimum Gasteiger partial charge on any atom is -0.364 e. The van der Waals surface area contributed by atoms with Crippen LogP contribution in [-0.4, -0.2) is 40.2 Å². The molecule has 1 aliphatic heterocycles. The van der Waals surface area contributed by atoms with Crippen molar-refractivity contribution in [2.45, 2.75) is 38.3 Å². The highest BCUT2D eigenvalue weighted by Gasteiger charge is 2.26. The van der Waals surface area contributed by atoms with Gasteiger partial charge in [-0.3, -0.25) is 9.36 Å². The number of aromatic nitrogens is 3. The zero-order valence-corrected chi connectivity index (χ0v) is 22.1. The molecule has 1 saturated heterocycles. The van der Waals surface area contributed by atoms with Crippen molar-refractivity contribution in [1.29, 1.82) is 0 Å². The number of benzene rings is 2. The van der Waals surface area contributed by atoms with Crippen molar-refractivity contribution >= 4 is 44.3 Å². The zero-order valence-electron chi connectivity index (χ0n) is 20.5. The molecular weight excluding hydrogens is 535 g/mol. The first-order valence-electron chi connectivity index (χ1n) is 12.7. The lowest BCUT2D eigenvalue weighted by atomic mass is 10.0. The molecule has 1 saturated carbocycles. The molecule has 9 heteroatoms. The largest absolute Gasteiger partial charge is 0.364 e. The standard InChI is InChI=1S/C28H28BrFN6O/c1-17-14-31-10-11-35(17)25-9-8-21(13-24(25)30)33-28-32-15-20-12-23(29)27(37)36(26(20)34-28)16-19-4-2-3-5-22(19)18-6-7-18/h2-5,8-9,12-13,15,17-18,31H,6-7,10-11,14,16H2,1H3,(H,32,33,34). The molecule has 2 fully saturated rings. The highest BCUT2D eigenvalue weighted by atomic mass is 79.9. The van der Waals surface area contributed by atoms with E-state index in [2.05, 4.69) is 61.6 Å². The second-order valence-corrected chi connectivity index (χ2v) is 10.7. The van der Waals surface area contributed by atoms with Gasteiger partial charge >= 0.3 is 0 Å². The van der Waals surface area contributed by atoms with E-state index < -0.39 is 0 Å². The van der Waals surface area contributed by atoms with Gasteiger partial charge in [-0.05, 0) is 77.0 Å². The third kappa shape index (κ3) is 4.85. The van der Waals surface area contributed by atoms with Gasteiger partial charge in [0.2, 0.25) is 5.95 Å². The van der Waals surface area contributed by atoms with Crippen LogP contribution in [0.2, 0.25) is 0 Å². The van der Waals surface area contributed by atoms with Gasteiger partial charge in [0.15, 0.2) is 0 Å². The number of piperazine rings is 1. The van der Waals surface area contributed by atoms with Crippen LogP contribution in [0.4, 0.5) is 21.7 Å². The molecule has 4 aromatic rings. The van der Waals surface area contributed by atoms with Crippen LogP contribution in [0.15, 0.2) is 64.0 Å². The van der Waals surface area contributed by atoms with Crippen LogP contribution in [0, 0.1) is 5.82 Å². The van der Waals surface area contributed by atoms with Gasteiger partial charge in [-0.25, -0.2) is 9.37 Å². The molecular formula is C28H28BrFN6O. The maximum absolute atomic E-state index is 15.1. The summed E-state index contributed by atoms with van der Waals surface area (Å²) in [5.41, 5.74) is 3.94. The molecule has 1 atom stereocenters. The molecule has 2 aromatic heterocycles. The van der Waals surface area contributed by atoms with Gasteiger partial charge in [0.05, 0.1) is 16.7 Å². The van der Waals surface area contributed by atoms with Crippen molar-refractivity contribution in [2.24, 2.45) is 0 Å². The summed E-state index contributed by atoms with van der Waals surface area (Å²) in [5, 5.41) is 7.20. The Morgan fingerprint density at radius 3 is 2.81 bits per heavy atom. The fourth-order valence-electron chi connectivity index (χ4n) is 5.12. The lowest BCUT2D eigenvalue weighted by molar-refractivity contribution is 0.491. The Morgan fingerprint density at radius 1 is 1.19 bits per heavy atom. The first-order valence-corrected chi connectivity index (χ1v) is 13.4. The summed E-state index contributed by atoms with van der Waals surface area (Å²) in [6, 6.07) is 15.3. The van der Waals surface area contributed by atoms with Crippen LogP contribution in [0.5, 0.6) is 0 Å². The Morgan fingerprint density at radius 2 is 2.03 bits per heavy atom. The first kappa shape index (κ1) is 24.1. The highest BCUT2D eigenvalue weighted by molar-refractivity contribution is 9.10. The van der Waals surface area contributed by atoms with Crippen LogP contribution >= 0.6 is 15.9 Å². The third-order valence-corrected chi connectivity index (χ3v) is 7.77. The molecule has 7 nitrogen and oxygen atoms in total. The fraction of sp³-hybridized carbons (Fsp3) is 0.321. The second kappa shape index (κ2) is 9.87. The quantitative estimate of drug-likeness (QED) is 0.338. The van der Waals surface area contributed by atoms with Crippen molar-refractivity contribution in [3.63, 3.8) is 0 Å². The topological polar surface area (TPSA) is 75.1 Å². The normalized spacial score (nSPS) is 17.8. The van der Waals surface area contributed by atoms with E-state index in [-0.39, 0.29) is 17.4 Å². The Hall–Kier alpha value is -3.30. The fourth-order valence-corrected chi connectivity index (χ4v) is 5.58. The highest BCUT2D eigenvalue weighted by Crippen LogP contribution is 2.41. The molecule has 0 amide bonds. The Balaban J connectivity index is 1.33. The molecule has 3 heterocycles. The van der Waals surface area contributed by atoms with Gasteiger partial charge < -0.3 is 15.5 Å². The second-order valence-electron chi connectivity index (χ2n) is 9.87. The van der Waals surface area contributed by atoms with Gasteiger partial charge in [0.1, 0.15) is 11.5 Å². The summed E-state index contributed by atoms with van der Waals surface area (Å²) >= 11 is 3.41. The third-order valence-electron chi connectivity index (χ3n) is 7.20. The molecule has 1 aliphatic carbocycles. The van der Waals surface area contributed by atoms with E-state index in [0.29, 0.717) is 39.9 Å². The van der Waals surface area contributed by atoms with Crippen molar-refractivity contribution in [1.82, 2.24) is 19.9 Å². The van der Waals surface area contributed by atoms with Gasteiger partial charge in [0.25, 0.3) is 5.56 Å². The maximum Gasteiger partial charge on any atom is 0.266 e. The Bertz CT molecular complexity index is 1540. The lowest BCUT2D eigenvalue weighted by Gasteiger charge is -2.36. The summed E-state index contributed by atoms with van der Waals surface area (Å²) in [4.78, 5) is 24.4. The molecule has 2 aliphatic rings. The van der Waals surface area contributed by atoms with Crippen molar-refractivity contribution in [3.05, 3.63) is 86.5 Å². The predicted molar refractivity (Wildman–Crippen MR) is 148 cm³/mol. The van der Waals surface area contributed by atoms with E-state index in [1.165, 1.54) is 24.5 Å². The minimum absolute atomic E-state index is 0.150. The average molecular weight is 563 g/mol. The lowest BCUT2D eigenvalue weighted by Crippen LogP contribution is -2.50. The van der Waals surface area contributed by atoms with E-state index >= 15 is 4.39 Å². The summed E-state index contributed by atoms with van der Waals surface area (Å²) in [6.45, 7) is 4.92. The number of fused-ring (bicyclic) bond motifs is 1.